The summed E-state index contributed by atoms with van der Waals surface area (Å²) in [5, 5.41) is 8.92. The SMILES string of the molecule is CCN(C(=O)CCc1ccc(OC)c(OC)c1)C(C)C#N. The zero-order chi connectivity index (χ0) is 15.8. The minimum absolute atomic E-state index is 0.0127. The van der Waals surface area contributed by atoms with Crippen molar-refractivity contribution in [3.05, 3.63) is 23.8 Å². The fraction of sp³-hybridized carbons (Fsp3) is 0.500. The van der Waals surface area contributed by atoms with Crippen LogP contribution in [0.3, 0.4) is 0 Å². The number of nitrogens with zero attached hydrogens (tertiary/aromatic N) is 2. The maximum absolute atomic E-state index is 12.1. The van der Waals surface area contributed by atoms with E-state index in [0.717, 1.165) is 5.56 Å². The summed E-state index contributed by atoms with van der Waals surface area (Å²) in [5.41, 5.74) is 1.00. The van der Waals surface area contributed by atoms with E-state index in [9.17, 15) is 4.79 Å². The van der Waals surface area contributed by atoms with Crippen molar-refractivity contribution in [1.82, 2.24) is 4.90 Å². The molecule has 1 aromatic rings. The molecule has 5 nitrogen and oxygen atoms in total. The van der Waals surface area contributed by atoms with Crippen molar-refractivity contribution in [2.45, 2.75) is 32.7 Å². The van der Waals surface area contributed by atoms with Gasteiger partial charge in [-0.3, -0.25) is 4.79 Å². The number of rotatable bonds is 7. The standard InChI is InChI=1S/C16H22N2O3/c1-5-18(12(2)11-17)16(19)9-7-13-6-8-14(20-3)15(10-13)21-4/h6,8,10,12H,5,7,9H2,1-4H3. The molecule has 1 unspecified atom stereocenters. The van der Waals surface area contributed by atoms with Gasteiger partial charge in [-0.25, -0.2) is 0 Å². The molecule has 0 fully saturated rings. The summed E-state index contributed by atoms with van der Waals surface area (Å²) in [6.45, 7) is 4.15. The normalized spacial score (nSPS) is 11.4. The lowest BCUT2D eigenvalue weighted by molar-refractivity contribution is -0.131. The third kappa shape index (κ3) is 4.38. The predicted octanol–water partition coefficient (Wildman–Crippen LogP) is 2.40. The Morgan fingerprint density at radius 2 is 2.00 bits per heavy atom. The van der Waals surface area contributed by atoms with E-state index in [4.69, 9.17) is 14.7 Å². The van der Waals surface area contributed by atoms with E-state index >= 15 is 0 Å². The first kappa shape index (κ1) is 16.8. The first-order valence-electron chi connectivity index (χ1n) is 6.97. The number of aryl methyl sites for hydroxylation is 1. The van der Waals surface area contributed by atoms with Crippen LogP contribution in [0.2, 0.25) is 0 Å². The Morgan fingerprint density at radius 1 is 1.33 bits per heavy atom. The molecule has 0 bridgehead atoms. The fourth-order valence-corrected chi connectivity index (χ4v) is 2.17. The summed E-state index contributed by atoms with van der Waals surface area (Å²) >= 11 is 0. The third-order valence-corrected chi connectivity index (χ3v) is 3.39. The van der Waals surface area contributed by atoms with Crippen molar-refractivity contribution in [1.29, 1.82) is 5.26 Å². The molecule has 0 saturated heterocycles. The minimum atomic E-state index is -0.395. The summed E-state index contributed by atoms with van der Waals surface area (Å²) in [7, 11) is 3.17. The Morgan fingerprint density at radius 3 is 2.52 bits per heavy atom. The maximum Gasteiger partial charge on any atom is 0.223 e. The van der Waals surface area contributed by atoms with Gasteiger partial charge in [-0.2, -0.15) is 5.26 Å². The van der Waals surface area contributed by atoms with Crippen LogP contribution in [0.25, 0.3) is 0 Å². The summed E-state index contributed by atoms with van der Waals surface area (Å²) < 4.78 is 10.4. The average molecular weight is 290 g/mol. The van der Waals surface area contributed by atoms with Crippen LogP contribution >= 0.6 is 0 Å². The van der Waals surface area contributed by atoms with Crippen LogP contribution < -0.4 is 9.47 Å². The van der Waals surface area contributed by atoms with Gasteiger partial charge in [-0.1, -0.05) is 6.07 Å². The van der Waals surface area contributed by atoms with E-state index in [-0.39, 0.29) is 5.91 Å². The lowest BCUT2D eigenvalue weighted by Crippen LogP contribution is -2.37. The van der Waals surface area contributed by atoms with E-state index in [1.807, 2.05) is 25.1 Å². The zero-order valence-electron chi connectivity index (χ0n) is 13.0. The summed E-state index contributed by atoms with van der Waals surface area (Å²) in [5.74, 6) is 1.31. The van der Waals surface area contributed by atoms with Crippen molar-refractivity contribution in [3.63, 3.8) is 0 Å². The molecule has 1 atom stereocenters. The topological polar surface area (TPSA) is 62.6 Å². The Bertz CT molecular complexity index is 523. The second-order valence-corrected chi connectivity index (χ2v) is 4.67. The van der Waals surface area contributed by atoms with Crippen molar-refractivity contribution in [3.8, 4) is 17.6 Å². The molecule has 1 amide bonds. The quantitative estimate of drug-likeness (QED) is 0.773. The Kier molecular flexibility index (Phi) is 6.54. The van der Waals surface area contributed by atoms with Gasteiger partial charge in [-0.15, -0.1) is 0 Å². The molecule has 0 radical (unpaired) electrons. The van der Waals surface area contributed by atoms with Crippen molar-refractivity contribution < 1.29 is 14.3 Å². The van der Waals surface area contributed by atoms with Crippen molar-refractivity contribution >= 4 is 5.91 Å². The van der Waals surface area contributed by atoms with Crippen LogP contribution in [0.1, 0.15) is 25.8 Å². The number of benzene rings is 1. The molecule has 0 saturated carbocycles. The van der Waals surface area contributed by atoms with Crippen LogP contribution in [-0.4, -0.2) is 37.6 Å². The average Bonchev–Trinajstić information content (AvgIpc) is 2.52. The highest BCUT2D eigenvalue weighted by molar-refractivity contribution is 5.77. The Balaban J connectivity index is 2.71. The molecule has 0 N–H and O–H groups in total. The summed E-state index contributed by atoms with van der Waals surface area (Å²) in [6.07, 6.45) is 0.975. The number of methoxy groups -OCH3 is 2. The number of ether oxygens (including phenoxy) is 2. The molecule has 0 aliphatic heterocycles. The van der Waals surface area contributed by atoms with Crippen molar-refractivity contribution in [2.24, 2.45) is 0 Å². The lowest BCUT2D eigenvalue weighted by Gasteiger charge is -2.23. The van der Waals surface area contributed by atoms with Crippen LogP contribution in [-0.2, 0) is 11.2 Å². The largest absolute Gasteiger partial charge is 0.493 e. The van der Waals surface area contributed by atoms with Gasteiger partial charge in [0, 0.05) is 13.0 Å². The summed E-state index contributed by atoms with van der Waals surface area (Å²) in [6, 6.07) is 7.32. The first-order valence-corrected chi connectivity index (χ1v) is 6.97. The fourth-order valence-electron chi connectivity index (χ4n) is 2.17. The number of nitriles is 1. The number of hydrogen-bond donors (Lipinski definition) is 0. The summed E-state index contributed by atoms with van der Waals surface area (Å²) in [4.78, 5) is 13.7. The number of carbonyl (C=O) groups is 1. The van der Waals surface area contributed by atoms with E-state index in [2.05, 4.69) is 6.07 Å². The molecule has 1 aromatic carbocycles. The number of amides is 1. The zero-order valence-corrected chi connectivity index (χ0v) is 13.0. The Labute approximate surface area is 126 Å². The third-order valence-electron chi connectivity index (χ3n) is 3.39. The van der Waals surface area contributed by atoms with Gasteiger partial charge >= 0.3 is 0 Å². The molecule has 21 heavy (non-hydrogen) atoms. The minimum Gasteiger partial charge on any atom is -0.493 e. The van der Waals surface area contributed by atoms with E-state index in [0.29, 0.717) is 30.9 Å². The molecule has 0 aliphatic carbocycles. The van der Waals surface area contributed by atoms with Gasteiger partial charge < -0.3 is 14.4 Å². The van der Waals surface area contributed by atoms with E-state index in [1.165, 1.54) is 0 Å². The molecule has 0 heterocycles. The molecule has 1 rings (SSSR count). The molecule has 114 valence electrons. The highest BCUT2D eigenvalue weighted by Crippen LogP contribution is 2.28. The van der Waals surface area contributed by atoms with Gasteiger partial charge in [-0.05, 0) is 38.0 Å². The first-order chi connectivity index (χ1) is 10.1. The second-order valence-electron chi connectivity index (χ2n) is 4.67. The van der Waals surface area contributed by atoms with Crippen LogP contribution in [0.15, 0.2) is 18.2 Å². The highest BCUT2D eigenvalue weighted by atomic mass is 16.5. The van der Waals surface area contributed by atoms with Gasteiger partial charge in [0.15, 0.2) is 11.5 Å². The van der Waals surface area contributed by atoms with Crippen molar-refractivity contribution in [2.75, 3.05) is 20.8 Å². The molecule has 0 aromatic heterocycles. The Hall–Kier alpha value is -2.22. The van der Waals surface area contributed by atoms with Gasteiger partial charge in [0.1, 0.15) is 6.04 Å². The number of hydrogen-bond acceptors (Lipinski definition) is 4. The molecular formula is C16H22N2O3. The van der Waals surface area contributed by atoms with E-state index < -0.39 is 6.04 Å². The maximum atomic E-state index is 12.1. The van der Waals surface area contributed by atoms with Gasteiger partial charge in [0.25, 0.3) is 0 Å². The molecule has 0 aliphatic rings. The lowest BCUT2D eigenvalue weighted by atomic mass is 10.1. The second kappa shape index (κ2) is 8.15. The predicted molar refractivity (Wildman–Crippen MR) is 80.3 cm³/mol. The van der Waals surface area contributed by atoms with Gasteiger partial charge in [0.2, 0.25) is 5.91 Å². The van der Waals surface area contributed by atoms with Crippen LogP contribution in [0.4, 0.5) is 0 Å². The monoisotopic (exact) mass is 290 g/mol. The van der Waals surface area contributed by atoms with E-state index in [1.54, 1.807) is 26.0 Å². The van der Waals surface area contributed by atoms with Crippen LogP contribution in [0.5, 0.6) is 11.5 Å². The molecule has 0 spiro atoms. The number of carbonyl (C=O) groups excluding carboxylic acids is 1. The van der Waals surface area contributed by atoms with Crippen LogP contribution in [0, 0.1) is 11.3 Å². The van der Waals surface area contributed by atoms with Gasteiger partial charge in [0.05, 0.1) is 20.3 Å². The highest BCUT2D eigenvalue weighted by Gasteiger charge is 2.17. The smallest absolute Gasteiger partial charge is 0.223 e. The molecular weight excluding hydrogens is 268 g/mol. The molecule has 5 heteroatoms.